The van der Waals surface area contributed by atoms with Crippen molar-refractivity contribution in [1.82, 2.24) is 0 Å². The van der Waals surface area contributed by atoms with E-state index in [0.717, 1.165) is 4.90 Å². The Bertz CT molecular complexity index is 896. The molecule has 4 rings (SSSR count). The van der Waals surface area contributed by atoms with Crippen LogP contribution in [0.4, 0.5) is 10.1 Å². The van der Waals surface area contributed by atoms with Gasteiger partial charge in [-0.15, -0.1) is 0 Å². The number of anilines is 1. The number of hydrogen-bond acceptors (Lipinski definition) is 3. The number of carbonyl (C=O) groups is 3. The summed E-state index contributed by atoms with van der Waals surface area (Å²) in [5.74, 6) is -1.68. The highest BCUT2D eigenvalue weighted by Crippen LogP contribution is 2.39. The summed E-state index contributed by atoms with van der Waals surface area (Å²) in [4.78, 5) is 36.8. The second-order valence-electron chi connectivity index (χ2n) is 5.09. The zero-order valence-corrected chi connectivity index (χ0v) is 11.2. The summed E-state index contributed by atoms with van der Waals surface area (Å²) >= 11 is 0. The third-order valence-electron chi connectivity index (χ3n) is 3.83. The minimum absolute atomic E-state index is 0.296. The average molecular weight is 293 g/mol. The molecule has 0 N–H and O–H groups in total. The first kappa shape index (κ1) is 12.6. The van der Waals surface area contributed by atoms with Crippen LogP contribution in [0.1, 0.15) is 15.9 Å². The van der Waals surface area contributed by atoms with Crippen molar-refractivity contribution in [2.24, 2.45) is 0 Å². The van der Waals surface area contributed by atoms with Crippen molar-refractivity contribution in [3.05, 3.63) is 65.5 Å². The van der Waals surface area contributed by atoms with Gasteiger partial charge in [0.2, 0.25) is 0 Å². The molecular weight excluding hydrogens is 285 g/mol. The number of amides is 2. The van der Waals surface area contributed by atoms with Crippen molar-refractivity contribution in [2.75, 3.05) is 4.90 Å². The molecule has 0 radical (unpaired) electrons. The molecular formula is C17H8FNO3. The molecule has 0 bridgehead atoms. The second kappa shape index (κ2) is 4.21. The highest BCUT2D eigenvalue weighted by molar-refractivity contribution is 6.29. The maximum absolute atomic E-state index is 13.3. The van der Waals surface area contributed by atoms with Gasteiger partial charge in [0.1, 0.15) is 5.82 Å². The minimum atomic E-state index is -0.478. The predicted molar refractivity (Wildman–Crippen MR) is 76.9 cm³/mol. The van der Waals surface area contributed by atoms with E-state index in [1.165, 1.54) is 30.4 Å². The van der Waals surface area contributed by atoms with Crippen LogP contribution in [-0.2, 0) is 9.59 Å². The van der Waals surface area contributed by atoms with E-state index in [4.69, 9.17) is 0 Å². The maximum atomic E-state index is 13.3. The molecule has 1 heterocycles. The number of halogens is 1. The van der Waals surface area contributed by atoms with Gasteiger partial charge in [0.15, 0.2) is 5.78 Å². The summed E-state index contributed by atoms with van der Waals surface area (Å²) in [5.41, 5.74) is 2.33. The first-order valence-electron chi connectivity index (χ1n) is 6.61. The number of fused-ring (bicyclic) bond motifs is 3. The molecule has 2 aromatic rings. The number of ketones is 1. The molecule has 0 saturated heterocycles. The van der Waals surface area contributed by atoms with Crippen LogP contribution in [-0.4, -0.2) is 17.6 Å². The van der Waals surface area contributed by atoms with Crippen molar-refractivity contribution in [1.29, 1.82) is 0 Å². The topological polar surface area (TPSA) is 54.5 Å². The fourth-order valence-corrected chi connectivity index (χ4v) is 2.83. The number of benzene rings is 2. The van der Waals surface area contributed by atoms with Gasteiger partial charge in [-0.1, -0.05) is 12.1 Å². The van der Waals surface area contributed by atoms with Gasteiger partial charge < -0.3 is 0 Å². The smallest absolute Gasteiger partial charge is 0.258 e. The fourth-order valence-electron chi connectivity index (χ4n) is 2.83. The number of nitrogens with zero attached hydrogens (tertiary/aromatic N) is 1. The number of carbonyl (C=O) groups excluding carboxylic acids is 3. The van der Waals surface area contributed by atoms with Crippen LogP contribution in [0, 0.1) is 5.82 Å². The Morgan fingerprint density at radius 2 is 1.32 bits per heavy atom. The summed E-state index contributed by atoms with van der Waals surface area (Å²) in [6.45, 7) is 0. The molecule has 0 unspecified atom stereocenters. The van der Waals surface area contributed by atoms with E-state index in [1.807, 2.05) is 0 Å². The molecule has 0 aromatic heterocycles. The zero-order chi connectivity index (χ0) is 15.4. The van der Waals surface area contributed by atoms with E-state index in [1.54, 1.807) is 18.2 Å². The van der Waals surface area contributed by atoms with E-state index < -0.39 is 17.6 Å². The van der Waals surface area contributed by atoms with Crippen molar-refractivity contribution in [3.63, 3.8) is 0 Å². The Balaban J connectivity index is 1.85. The summed E-state index contributed by atoms with van der Waals surface area (Å²) in [5, 5.41) is 0. The molecule has 0 fully saturated rings. The van der Waals surface area contributed by atoms with E-state index in [2.05, 4.69) is 0 Å². The molecule has 4 nitrogen and oxygen atoms in total. The molecule has 0 spiro atoms. The van der Waals surface area contributed by atoms with Gasteiger partial charge in [-0.2, -0.15) is 0 Å². The molecule has 5 heteroatoms. The molecule has 1 aliphatic heterocycles. The monoisotopic (exact) mass is 293 g/mol. The number of rotatable bonds is 1. The SMILES string of the molecule is O=C1c2cc(F)ccc2-c2ccc(N3C(=O)C=CC3=O)cc21. The normalized spacial score (nSPS) is 15.5. The van der Waals surface area contributed by atoms with Crippen LogP contribution in [0.2, 0.25) is 0 Å². The summed E-state index contributed by atoms with van der Waals surface area (Å²) < 4.78 is 13.3. The standard InChI is InChI=1S/C17H8FNO3/c18-9-1-3-11-12-4-2-10(19-15(20)5-6-16(19)21)8-14(12)17(22)13(11)7-9/h1-8H. The van der Waals surface area contributed by atoms with E-state index in [0.29, 0.717) is 27.9 Å². The van der Waals surface area contributed by atoms with E-state index in [9.17, 15) is 18.8 Å². The highest BCUT2D eigenvalue weighted by atomic mass is 19.1. The zero-order valence-electron chi connectivity index (χ0n) is 11.2. The minimum Gasteiger partial charge on any atom is -0.289 e. The lowest BCUT2D eigenvalue weighted by Gasteiger charge is -2.14. The van der Waals surface area contributed by atoms with Gasteiger partial charge >= 0.3 is 0 Å². The second-order valence-corrected chi connectivity index (χ2v) is 5.09. The lowest BCUT2D eigenvalue weighted by Crippen LogP contribution is -2.29. The largest absolute Gasteiger partial charge is 0.289 e. The van der Waals surface area contributed by atoms with Crippen LogP contribution in [0.25, 0.3) is 11.1 Å². The summed E-state index contributed by atoms with van der Waals surface area (Å²) in [7, 11) is 0. The first-order valence-corrected chi connectivity index (χ1v) is 6.61. The van der Waals surface area contributed by atoms with Gasteiger partial charge in [0.05, 0.1) is 5.69 Å². The van der Waals surface area contributed by atoms with Crippen LogP contribution < -0.4 is 4.90 Å². The van der Waals surface area contributed by atoms with Crippen LogP contribution in [0.15, 0.2) is 48.6 Å². The lowest BCUT2D eigenvalue weighted by molar-refractivity contribution is -0.119. The molecule has 22 heavy (non-hydrogen) atoms. The number of imide groups is 1. The Hall–Kier alpha value is -3.08. The Labute approximate surface area is 124 Å². The van der Waals surface area contributed by atoms with Crippen LogP contribution >= 0.6 is 0 Å². The first-order chi connectivity index (χ1) is 10.6. The lowest BCUT2D eigenvalue weighted by atomic mass is 10.1. The van der Waals surface area contributed by atoms with Crippen LogP contribution in [0.3, 0.4) is 0 Å². The van der Waals surface area contributed by atoms with Crippen molar-refractivity contribution >= 4 is 23.3 Å². The predicted octanol–water partition coefficient (Wildman–Crippen LogP) is 2.47. The molecule has 2 amide bonds. The number of hydrogen-bond donors (Lipinski definition) is 0. The highest BCUT2D eigenvalue weighted by Gasteiger charge is 2.30. The third kappa shape index (κ3) is 1.59. The van der Waals surface area contributed by atoms with Crippen molar-refractivity contribution in [2.45, 2.75) is 0 Å². The maximum Gasteiger partial charge on any atom is 0.258 e. The van der Waals surface area contributed by atoms with E-state index >= 15 is 0 Å². The summed E-state index contributed by atoms with van der Waals surface area (Å²) in [6, 6.07) is 8.83. The Kier molecular flexibility index (Phi) is 2.42. The molecule has 2 aromatic carbocycles. The molecule has 0 saturated carbocycles. The van der Waals surface area contributed by atoms with E-state index in [-0.39, 0.29) is 5.78 Å². The quantitative estimate of drug-likeness (QED) is 0.648. The van der Waals surface area contributed by atoms with Crippen molar-refractivity contribution < 1.29 is 18.8 Å². The van der Waals surface area contributed by atoms with Crippen molar-refractivity contribution in [3.8, 4) is 11.1 Å². The molecule has 1 aliphatic carbocycles. The van der Waals surface area contributed by atoms with Gasteiger partial charge in [-0.25, -0.2) is 9.29 Å². The molecule has 0 atom stereocenters. The Morgan fingerprint density at radius 3 is 2.00 bits per heavy atom. The molecule has 106 valence electrons. The van der Waals surface area contributed by atoms with Crippen LogP contribution in [0.5, 0.6) is 0 Å². The molecule has 2 aliphatic rings. The van der Waals surface area contributed by atoms with Gasteiger partial charge in [0, 0.05) is 23.3 Å². The average Bonchev–Trinajstić information content (AvgIpc) is 2.97. The Morgan fingerprint density at radius 1 is 0.727 bits per heavy atom. The van der Waals surface area contributed by atoms with Gasteiger partial charge in [-0.3, -0.25) is 14.4 Å². The fraction of sp³-hybridized carbons (Fsp3) is 0. The van der Waals surface area contributed by atoms with Gasteiger partial charge in [0.25, 0.3) is 11.8 Å². The summed E-state index contributed by atoms with van der Waals surface area (Å²) in [6.07, 6.45) is 2.36. The van der Waals surface area contributed by atoms with Gasteiger partial charge in [-0.05, 0) is 35.4 Å². The third-order valence-corrected chi connectivity index (χ3v) is 3.83.